The van der Waals surface area contributed by atoms with Gasteiger partial charge in [0.25, 0.3) is 5.56 Å². The zero-order chi connectivity index (χ0) is 8.43. The van der Waals surface area contributed by atoms with Crippen LogP contribution < -0.4 is 5.56 Å². The predicted molar refractivity (Wildman–Crippen MR) is 40.4 cm³/mol. The minimum atomic E-state index is -0.163. The topological polar surface area (TPSA) is 54.9 Å². The average Bonchev–Trinajstić information content (AvgIpc) is 2.09. The summed E-state index contributed by atoms with van der Waals surface area (Å²) in [6.07, 6.45) is 0.315. The molecule has 1 aromatic rings. The van der Waals surface area contributed by atoms with Crippen LogP contribution in [0.2, 0.25) is 0 Å². The molecule has 0 aromatic carbocycles. The third kappa shape index (κ3) is 1.80. The van der Waals surface area contributed by atoms with Crippen LogP contribution in [-0.2, 0) is 18.3 Å². The quantitative estimate of drug-likeness (QED) is 0.643. The lowest BCUT2D eigenvalue weighted by atomic mass is 10.2. The van der Waals surface area contributed by atoms with E-state index in [-0.39, 0.29) is 11.3 Å². The molecule has 0 unspecified atom stereocenters. The smallest absolute Gasteiger partial charge is 0.264 e. The Hall–Kier alpha value is -1.32. The second-order valence-corrected chi connectivity index (χ2v) is 2.55. The molecule has 0 aliphatic rings. The number of rotatable bonds is 2. The summed E-state index contributed by atoms with van der Waals surface area (Å²) < 4.78 is 1.56. The number of Topliss-reactive ketones (excluding diaryl/α,β-unsaturated/α-hetero) is 1. The van der Waals surface area contributed by atoms with Gasteiger partial charge in [-0.3, -0.25) is 19.4 Å². The van der Waals surface area contributed by atoms with Gasteiger partial charge in [-0.15, -0.1) is 0 Å². The van der Waals surface area contributed by atoms with Gasteiger partial charge in [0, 0.05) is 25.2 Å². The molecule has 0 fully saturated rings. The molecule has 0 atom stereocenters. The zero-order valence-electron chi connectivity index (χ0n) is 6.55. The number of aromatic amines is 1. The second-order valence-electron chi connectivity index (χ2n) is 2.55. The van der Waals surface area contributed by atoms with Gasteiger partial charge in [-0.2, -0.15) is 0 Å². The van der Waals surface area contributed by atoms with E-state index in [0.717, 1.165) is 5.69 Å². The van der Waals surface area contributed by atoms with Crippen LogP contribution in [-0.4, -0.2) is 15.6 Å². The van der Waals surface area contributed by atoms with E-state index in [4.69, 9.17) is 0 Å². The number of nitrogens with zero attached hydrogens (tertiary/aromatic N) is 1. The van der Waals surface area contributed by atoms with Crippen molar-refractivity contribution in [2.24, 2.45) is 7.05 Å². The van der Waals surface area contributed by atoms with Gasteiger partial charge in [-0.25, -0.2) is 0 Å². The molecule has 0 bridgehead atoms. The summed E-state index contributed by atoms with van der Waals surface area (Å²) in [6.45, 7) is 1.50. The van der Waals surface area contributed by atoms with Gasteiger partial charge in [0.05, 0.1) is 0 Å². The van der Waals surface area contributed by atoms with Crippen LogP contribution in [0.3, 0.4) is 0 Å². The number of ketones is 1. The van der Waals surface area contributed by atoms with Gasteiger partial charge >= 0.3 is 0 Å². The summed E-state index contributed by atoms with van der Waals surface area (Å²) in [5, 5.41) is 2.52. The number of aryl methyl sites for hydroxylation is 1. The Kier molecular flexibility index (Phi) is 1.94. The largest absolute Gasteiger partial charge is 0.300 e. The van der Waals surface area contributed by atoms with Gasteiger partial charge in [0.1, 0.15) is 5.78 Å². The molecule has 0 saturated carbocycles. The number of H-pyrrole nitrogens is 1. The van der Waals surface area contributed by atoms with E-state index in [0.29, 0.717) is 6.42 Å². The lowest BCUT2D eigenvalue weighted by Crippen LogP contribution is -2.04. The molecular formula is C7H10N2O2. The fourth-order valence-corrected chi connectivity index (χ4v) is 0.942. The Bertz CT molecular complexity index is 321. The van der Waals surface area contributed by atoms with Crippen LogP contribution in [0.5, 0.6) is 0 Å². The van der Waals surface area contributed by atoms with Crippen molar-refractivity contribution >= 4 is 5.78 Å². The Balaban J connectivity index is 2.94. The van der Waals surface area contributed by atoms with Crippen molar-refractivity contribution in [3.05, 3.63) is 22.1 Å². The monoisotopic (exact) mass is 154 g/mol. The summed E-state index contributed by atoms with van der Waals surface area (Å²) in [7, 11) is 1.71. The van der Waals surface area contributed by atoms with E-state index in [2.05, 4.69) is 5.10 Å². The first kappa shape index (κ1) is 7.78. The molecule has 1 N–H and O–H groups in total. The lowest BCUT2D eigenvalue weighted by molar-refractivity contribution is -0.116. The normalized spacial score (nSPS) is 10.0. The standard InChI is InChI=1S/C7H10N2O2/c1-5(10)3-6-4-7(11)8-9(6)2/h4H,3H2,1-2H3,(H,8,11). The van der Waals surface area contributed by atoms with E-state index >= 15 is 0 Å². The lowest BCUT2D eigenvalue weighted by Gasteiger charge is -1.96. The van der Waals surface area contributed by atoms with E-state index < -0.39 is 0 Å². The maximum atomic E-state index is 10.7. The van der Waals surface area contributed by atoms with Crippen molar-refractivity contribution < 1.29 is 4.79 Å². The Morgan fingerprint density at radius 1 is 1.73 bits per heavy atom. The first-order valence-electron chi connectivity index (χ1n) is 3.34. The van der Waals surface area contributed by atoms with Crippen molar-refractivity contribution in [2.75, 3.05) is 0 Å². The molecular weight excluding hydrogens is 144 g/mol. The maximum absolute atomic E-state index is 10.7. The molecule has 0 spiro atoms. The van der Waals surface area contributed by atoms with Crippen molar-refractivity contribution in [3.8, 4) is 0 Å². The Labute approximate surface area is 63.8 Å². The first-order chi connectivity index (χ1) is 5.09. The van der Waals surface area contributed by atoms with Crippen LogP contribution in [0.4, 0.5) is 0 Å². The van der Waals surface area contributed by atoms with Gasteiger partial charge in [0.15, 0.2) is 0 Å². The van der Waals surface area contributed by atoms with Gasteiger partial charge in [-0.05, 0) is 6.92 Å². The van der Waals surface area contributed by atoms with Crippen molar-refractivity contribution in [1.82, 2.24) is 9.78 Å². The highest BCUT2D eigenvalue weighted by Crippen LogP contribution is 1.93. The highest BCUT2D eigenvalue weighted by molar-refractivity contribution is 5.77. The Morgan fingerprint density at radius 3 is 2.73 bits per heavy atom. The van der Waals surface area contributed by atoms with Crippen LogP contribution in [0.1, 0.15) is 12.6 Å². The summed E-state index contributed by atoms with van der Waals surface area (Å²) in [4.78, 5) is 21.4. The SMILES string of the molecule is CC(=O)Cc1cc(=O)[nH]n1C. The summed E-state index contributed by atoms with van der Waals surface area (Å²) >= 11 is 0. The van der Waals surface area contributed by atoms with Crippen LogP contribution in [0.15, 0.2) is 10.9 Å². The van der Waals surface area contributed by atoms with Crippen molar-refractivity contribution in [2.45, 2.75) is 13.3 Å². The van der Waals surface area contributed by atoms with Crippen LogP contribution in [0, 0.1) is 0 Å². The molecule has 0 aliphatic heterocycles. The number of hydrogen-bond donors (Lipinski definition) is 1. The number of carbonyl (C=O) groups is 1. The molecule has 1 rings (SSSR count). The summed E-state index contributed by atoms with van der Waals surface area (Å²) in [5.41, 5.74) is 0.561. The highest BCUT2D eigenvalue weighted by atomic mass is 16.1. The van der Waals surface area contributed by atoms with E-state index in [1.54, 1.807) is 11.7 Å². The van der Waals surface area contributed by atoms with Crippen molar-refractivity contribution in [1.29, 1.82) is 0 Å². The molecule has 4 nitrogen and oxygen atoms in total. The molecule has 4 heteroatoms. The van der Waals surface area contributed by atoms with Crippen LogP contribution >= 0.6 is 0 Å². The fraction of sp³-hybridized carbons (Fsp3) is 0.429. The van der Waals surface area contributed by atoms with E-state index in [1.807, 2.05) is 0 Å². The van der Waals surface area contributed by atoms with E-state index in [1.165, 1.54) is 13.0 Å². The molecule has 1 aromatic heterocycles. The number of hydrogen-bond acceptors (Lipinski definition) is 2. The highest BCUT2D eigenvalue weighted by Gasteiger charge is 2.02. The second kappa shape index (κ2) is 2.74. The first-order valence-corrected chi connectivity index (χ1v) is 3.34. The minimum absolute atomic E-state index is 0.0552. The molecule has 0 radical (unpaired) electrons. The molecule has 0 amide bonds. The zero-order valence-corrected chi connectivity index (χ0v) is 6.55. The third-order valence-corrected chi connectivity index (χ3v) is 1.44. The molecule has 1 heterocycles. The van der Waals surface area contributed by atoms with Gasteiger partial charge in [-0.1, -0.05) is 0 Å². The number of carbonyl (C=O) groups excluding carboxylic acids is 1. The maximum Gasteiger partial charge on any atom is 0.264 e. The predicted octanol–water partition coefficient (Wildman–Crippen LogP) is -0.155. The van der Waals surface area contributed by atoms with Gasteiger partial charge in [0.2, 0.25) is 0 Å². The molecule has 0 aliphatic carbocycles. The van der Waals surface area contributed by atoms with Crippen LogP contribution in [0.25, 0.3) is 0 Å². The summed E-state index contributed by atoms with van der Waals surface area (Å²) in [6, 6.07) is 1.43. The third-order valence-electron chi connectivity index (χ3n) is 1.44. The van der Waals surface area contributed by atoms with E-state index in [9.17, 15) is 9.59 Å². The van der Waals surface area contributed by atoms with Crippen molar-refractivity contribution in [3.63, 3.8) is 0 Å². The molecule has 11 heavy (non-hydrogen) atoms. The fourth-order valence-electron chi connectivity index (χ4n) is 0.942. The Morgan fingerprint density at radius 2 is 2.36 bits per heavy atom. The summed E-state index contributed by atoms with van der Waals surface area (Å²) in [5.74, 6) is 0.0552. The minimum Gasteiger partial charge on any atom is -0.300 e. The van der Waals surface area contributed by atoms with Gasteiger partial charge < -0.3 is 0 Å². The average molecular weight is 154 g/mol. The number of aromatic nitrogens is 2. The number of nitrogens with one attached hydrogen (secondary N) is 1. The molecule has 0 saturated heterocycles. The molecule has 60 valence electrons.